The first-order valence-corrected chi connectivity index (χ1v) is 8.92. The minimum atomic E-state index is -0.491. The van der Waals surface area contributed by atoms with Gasteiger partial charge in [-0.25, -0.2) is 10.2 Å². The summed E-state index contributed by atoms with van der Waals surface area (Å²) in [7, 11) is 1.49. The van der Waals surface area contributed by atoms with Gasteiger partial charge in [0.05, 0.1) is 18.9 Å². The largest absolute Gasteiger partial charge is 0.493 e. The van der Waals surface area contributed by atoms with E-state index in [-0.39, 0.29) is 11.7 Å². The summed E-state index contributed by atoms with van der Waals surface area (Å²) in [4.78, 5) is 24.4. The van der Waals surface area contributed by atoms with E-state index in [0.717, 1.165) is 5.56 Å². The zero-order chi connectivity index (χ0) is 20.6. The van der Waals surface area contributed by atoms with E-state index in [1.54, 1.807) is 54.6 Å². The summed E-state index contributed by atoms with van der Waals surface area (Å²) < 4.78 is 10.8. The van der Waals surface area contributed by atoms with Crippen LogP contribution < -0.4 is 14.9 Å². The van der Waals surface area contributed by atoms with Crippen molar-refractivity contribution >= 4 is 18.1 Å². The summed E-state index contributed by atoms with van der Waals surface area (Å²) in [5.74, 6) is -0.136. The van der Waals surface area contributed by atoms with Gasteiger partial charge in [0.25, 0.3) is 5.91 Å². The second-order valence-electron chi connectivity index (χ2n) is 6.23. The summed E-state index contributed by atoms with van der Waals surface area (Å²) >= 11 is 0. The zero-order valence-corrected chi connectivity index (χ0v) is 16.1. The second kappa shape index (κ2) is 9.32. The van der Waals surface area contributed by atoms with Crippen molar-refractivity contribution in [1.82, 2.24) is 5.43 Å². The Morgan fingerprint density at radius 1 is 0.897 bits per heavy atom. The highest BCUT2D eigenvalue weighted by Crippen LogP contribution is 2.28. The molecule has 0 heterocycles. The number of carbonyl (C=O) groups is 2. The van der Waals surface area contributed by atoms with Gasteiger partial charge in [-0.1, -0.05) is 35.9 Å². The third-order valence-electron chi connectivity index (χ3n) is 4.09. The van der Waals surface area contributed by atoms with Crippen LogP contribution in [0, 0.1) is 6.92 Å². The predicted octanol–water partition coefficient (Wildman–Crippen LogP) is 3.99. The molecule has 6 heteroatoms. The van der Waals surface area contributed by atoms with Crippen LogP contribution in [0.3, 0.4) is 0 Å². The van der Waals surface area contributed by atoms with Gasteiger partial charge in [-0.2, -0.15) is 5.10 Å². The number of esters is 1. The van der Waals surface area contributed by atoms with Crippen LogP contribution in [-0.2, 0) is 0 Å². The molecular formula is C23H20N2O4. The average molecular weight is 388 g/mol. The number of ether oxygens (including phenoxy) is 2. The molecule has 1 amide bonds. The Hall–Kier alpha value is -3.93. The molecule has 29 heavy (non-hydrogen) atoms. The normalized spacial score (nSPS) is 10.6. The van der Waals surface area contributed by atoms with Gasteiger partial charge in [0.1, 0.15) is 0 Å². The fraction of sp³-hybridized carbons (Fsp3) is 0.0870. The molecule has 0 radical (unpaired) electrons. The third-order valence-corrected chi connectivity index (χ3v) is 4.09. The van der Waals surface area contributed by atoms with Crippen LogP contribution in [0.25, 0.3) is 0 Å². The Bertz CT molecular complexity index is 1030. The van der Waals surface area contributed by atoms with Gasteiger partial charge in [-0.15, -0.1) is 0 Å². The molecule has 0 fully saturated rings. The minimum absolute atomic E-state index is 0.261. The van der Waals surface area contributed by atoms with Crippen molar-refractivity contribution in [3.63, 3.8) is 0 Å². The molecule has 0 saturated heterocycles. The monoisotopic (exact) mass is 388 g/mol. The molecular weight excluding hydrogens is 368 g/mol. The summed E-state index contributed by atoms with van der Waals surface area (Å²) in [6.07, 6.45) is 1.46. The predicted molar refractivity (Wildman–Crippen MR) is 111 cm³/mol. The molecule has 3 rings (SSSR count). The van der Waals surface area contributed by atoms with Crippen molar-refractivity contribution in [2.45, 2.75) is 6.92 Å². The quantitative estimate of drug-likeness (QED) is 0.300. The molecule has 0 unspecified atom stereocenters. The van der Waals surface area contributed by atoms with E-state index < -0.39 is 5.97 Å². The van der Waals surface area contributed by atoms with Crippen LogP contribution in [0.4, 0.5) is 0 Å². The van der Waals surface area contributed by atoms with Crippen molar-refractivity contribution in [2.24, 2.45) is 5.10 Å². The van der Waals surface area contributed by atoms with Crippen LogP contribution in [-0.4, -0.2) is 25.2 Å². The molecule has 146 valence electrons. The summed E-state index contributed by atoms with van der Waals surface area (Å²) in [6.45, 7) is 1.94. The number of amides is 1. The molecule has 3 aromatic carbocycles. The third kappa shape index (κ3) is 5.29. The molecule has 0 spiro atoms. The molecule has 3 aromatic rings. The SMILES string of the molecule is COc1ccc(/C=N/NC(=O)c2ccccc2)cc1OC(=O)c1ccc(C)cc1. The maximum Gasteiger partial charge on any atom is 0.343 e. The molecule has 0 atom stereocenters. The van der Waals surface area contributed by atoms with Crippen molar-refractivity contribution in [1.29, 1.82) is 0 Å². The first kappa shape index (κ1) is 19.8. The Kier molecular flexibility index (Phi) is 6.37. The summed E-state index contributed by atoms with van der Waals surface area (Å²) in [6, 6.07) is 20.9. The molecule has 1 N–H and O–H groups in total. The summed E-state index contributed by atoms with van der Waals surface area (Å²) in [5, 5.41) is 3.96. The van der Waals surface area contributed by atoms with Gasteiger partial charge in [-0.3, -0.25) is 4.79 Å². The second-order valence-corrected chi connectivity index (χ2v) is 6.23. The smallest absolute Gasteiger partial charge is 0.343 e. The molecule has 0 aliphatic rings. The lowest BCUT2D eigenvalue weighted by Gasteiger charge is -2.10. The fourth-order valence-corrected chi connectivity index (χ4v) is 2.52. The van der Waals surface area contributed by atoms with Gasteiger partial charge in [0.15, 0.2) is 11.5 Å². The Balaban J connectivity index is 1.72. The van der Waals surface area contributed by atoms with Crippen molar-refractivity contribution < 1.29 is 19.1 Å². The van der Waals surface area contributed by atoms with Crippen LogP contribution in [0.15, 0.2) is 77.9 Å². The number of nitrogens with zero attached hydrogens (tertiary/aromatic N) is 1. The average Bonchev–Trinajstić information content (AvgIpc) is 2.75. The Morgan fingerprint density at radius 2 is 1.62 bits per heavy atom. The minimum Gasteiger partial charge on any atom is -0.493 e. The van der Waals surface area contributed by atoms with Crippen LogP contribution in [0.1, 0.15) is 31.8 Å². The van der Waals surface area contributed by atoms with Gasteiger partial charge in [0, 0.05) is 5.56 Å². The highest BCUT2D eigenvalue weighted by atomic mass is 16.6. The number of nitrogens with one attached hydrogen (secondary N) is 1. The number of aryl methyl sites for hydroxylation is 1. The van der Waals surface area contributed by atoms with E-state index in [4.69, 9.17) is 9.47 Å². The number of rotatable bonds is 6. The first-order valence-electron chi connectivity index (χ1n) is 8.92. The molecule has 0 saturated carbocycles. The molecule has 0 aliphatic heterocycles. The van der Waals surface area contributed by atoms with E-state index in [2.05, 4.69) is 10.5 Å². The van der Waals surface area contributed by atoms with Gasteiger partial charge in [0.2, 0.25) is 0 Å². The van der Waals surface area contributed by atoms with Crippen LogP contribution in [0.5, 0.6) is 11.5 Å². The number of carbonyl (C=O) groups excluding carboxylic acids is 2. The highest BCUT2D eigenvalue weighted by Gasteiger charge is 2.13. The molecule has 0 bridgehead atoms. The maximum absolute atomic E-state index is 12.4. The standard InChI is InChI=1S/C23H20N2O4/c1-16-8-11-19(12-9-16)23(27)29-21-14-17(10-13-20(21)28-2)15-24-25-22(26)18-6-4-3-5-7-18/h3-15H,1-2H3,(H,25,26)/b24-15+. The lowest BCUT2D eigenvalue weighted by Crippen LogP contribution is -2.17. The number of hydrazone groups is 1. The molecule has 0 aromatic heterocycles. The topological polar surface area (TPSA) is 77.0 Å². The Labute approximate surface area is 168 Å². The van der Waals surface area contributed by atoms with Crippen molar-refractivity contribution in [3.05, 3.63) is 95.1 Å². The maximum atomic E-state index is 12.4. The van der Waals surface area contributed by atoms with E-state index in [0.29, 0.717) is 22.4 Å². The van der Waals surface area contributed by atoms with Crippen molar-refractivity contribution in [2.75, 3.05) is 7.11 Å². The molecule has 6 nitrogen and oxygen atoms in total. The van der Waals surface area contributed by atoms with Crippen molar-refractivity contribution in [3.8, 4) is 11.5 Å². The van der Waals surface area contributed by atoms with E-state index >= 15 is 0 Å². The lowest BCUT2D eigenvalue weighted by molar-refractivity contribution is 0.0729. The number of hydrogen-bond acceptors (Lipinski definition) is 5. The summed E-state index contributed by atoms with van der Waals surface area (Å²) in [5.41, 5.74) is 5.08. The number of methoxy groups -OCH3 is 1. The Morgan fingerprint density at radius 3 is 2.31 bits per heavy atom. The fourth-order valence-electron chi connectivity index (χ4n) is 2.52. The zero-order valence-electron chi connectivity index (χ0n) is 16.1. The lowest BCUT2D eigenvalue weighted by atomic mass is 10.1. The number of hydrogen-bond donors (Lipinski definition) is 1. The number of benzene rings is 3. The van der Waals surface area contributed by atoms with Gasteiger partial charge in [-0.05, 0) is 55.0 Å². The van der Waals surface area contributed by atoms with Gasteiger partial charge < -0.3 is 9.47 Å². The van der Waals surface area contributed by atoms with E-state index in [9.17, 15) is 9.59 Å². The van der Waals surface area contributed by atoms with Gasteiger partial charge >= 0.3 is 5.97 Å². The van der Waals surface area contributed by atoms with E-state index in [1.165, 1.54) is 13.3 Å². The first-order chi connectivity index (χ1) is 14.1. The van der Waals surface area contributed by atoms with Crippen LogP contribution >= 0.6 is 0 Å². The van der Waals surface area contributed by atoms with Crippen LogP contribution in [0.2, 0.25) is 0 Å². The molecule has 0 aliphatic carbocycles. The van der Waals surface area contributed by atoms with E-state index in [1.807, 2.05) is 25.1 Å². The highest BCUT2D eigenvalue weighted by molar-refractivity contribution is 5.95.